The molecule has 1 aliphatic rings. The molecular formula is C17H19N3O3S. The lowest BCUT2D eigenvalue weighted by Crippen LogP contribution is -2.42. The van der Waals surface area contributed by atoms with E-state index in [1.807, 2.05) is 12.1 Å². The number of amides is 1. The molecule has 1 aromatic carbocycles. The van der Waals surface area contributed by atoms with E-state index < -0.39 is 10.0 Å². The molecular weight excluding hydrogens is 326 g/mol. The van der Waals surface area contributed by atoms with Crippen molar-refractivity contribution in [2.45, 2.75) is 17.7 Å². The Morgan fingerprint density at radius 1 is 1.21 bits per heavy atom. The largest absolute Gasteiger partial charge is 0.339 e. The highest BCUT2D eigenvalue weighted by molar-refractivity contribution is 7.89. The van der Waals surface area contributed by atoms with E-state index in [2.05, 4.69) is 9.71 Å². The number of nitrogens with zero attached hydrogens (tertiary/aromatic N) is 2. The molecule has 24 heavy (non-hydrogen) atoms. The van der Waals surface area contributed by atoms with Crippen molar-refractivity contribution in [1.29, 1.82) is 0 Å². The maximum Gasteiger partial charge on any atom is 0.253 e. The smallest absolute Gasteiger partial charge is 0.253 e. The summed E-state index contributed by atoms with van der Waals surface area (Å²) in [6.45, 7) is 1.75. The average Bonchev–Trinajstić information content (AvgIpc) is 2.54. The summed E-state index contributed by atoms with van der Waals surface area (Å²) in [6.07, 6.45) is 4.94. The first-order chi connectivity index (χ1) is 11.6. The number of carbonyl (C=O) groups is 1. The molecule has 1 fully saturated rings. The maximum atomic E-state index is 12.4. The maximum absolute atomic E-state index is 12.4. The Morgan fingerprint density at radius 3 is 2.71 bits per heavy atom. The molecule has 0 radical (unpaired) electrons. The number of benzene rings is 1. The molecule has 6 nitrogen and oxygen atoms in total. The van der Waals surface area contributed by atoms with Crippen molar-refractivity contribution in [3.8, 4) is 0 Å². The number of likely N-dealkylation sites (tertiary alicyclic amines) is 1. The molecule has 0 aliphatic carbocycles. The fraction of sp³-hybridized carbons (Fsp3) is 0.294. The summed E-state index contributed by atoms with van der Waals surface area (Å²) >= 11 is 0. The van der Waals surface area contributed by atoms with Crippen LogP contribution in [0.2, 0.25) is 0 Å². The zero-order valence-corrected chi connectivity index (χ0v) is 14.0. The average molecular weight is 345 g/mol. The Morgan fingerprint density at radius 2 is 2.04 bits per heavy atom. The van der Waals surface area contributed by atoms with Crippen molar-refractivity contribution in [3.05, 3.63) is 59.9 Å². The van der Waals surface area contributed by atoms with E-state index in [1.165, 1.54) is 12.1 Å². The molecule has 2 heterocycles. The van der Waals surface area contributed by atoms with E-state index in [9.17, 15) is 13.2 Å². The van der Waals surface area contributed by atoms with Gasteiger partial charge in [0.05, 0.1) is 4.90 Å². The first-order valence-corrected chi connectivity index (χ1v) is 9.32. The lowest BCUT2D eigenvalue weighted by molar-refractivity contribution is 0.0651. The van der Waals surface area contributed by atoms with Crippen LogP contribution in [0.5, 0.6) is 0 Å². The van der Waals surface area contributed by atoms with Crippen LogP contribution >= 0.6 is 0 Å². The third-order valence-corrected chi connectivity index (χ3v) is 5.42. The minimum absolute atomic E-state index is 0.111. The Hall–Kier alpha value is -2.25. The Bertz CT molecular complexity index is 818. The highest BCUT2D eigenvalue weighted by Gasteiger charge is 2.23. The summed E-state index contributed by atoms with van der Waals surface area (Å²) in [5, 5.41) is 0. The highest BCUT2D eigenvalue weighted by atomic mass is 32.2. The number of nitrogens with one attached hydrogen (secondary N) is 1. The van der Waals surface area contributed by atoms with Crippen molar-refractivity contribution in [2.24, 2.45) is 0 Å². The van der Waals surface area contributed by atoms with Crippen LogP contribution in [-0.4, -0.2) is 43.8 Å². The minimum Gasteiger partial charge on any atom is -0.339 e. The second-order valence-corrected chi connectivity index (χ2v) is 7.45. The van der Waals surface area contributed by atoms with Crippen molar-refractivity contribution in [1.82, 2.24) is 14.6 Å². The number of sulfonamides is 1. The minimum atomic E-state index is -3.64. The molecule has 0 bridgehead atoms. The summed E-state index contributed by atoms with van der Waals surface area (Å²) in [7, 11) is -3.64. The molecule has 0 atom stereocenters. The molecule has 1 amide bonds. The molecule has 0 unspecified atom stereocenters. The molecule has 0 saturated carbocycles. The van der Waals surface area contributed by atoms with Crippen LogP contribution in [0.1, 0.15) is 22.3 Å². The zero-order chi connectivity index (χ0) is 17.0. The molecule has 1 saturated heterocycles. The van der Waals surface area contributed by atoms with Gasteiger partial charge in [0, 0.05) is 37.6 Å². The highest BCUT2D eigenvalue weighted by Crippen LogP contribution is 2.16. The van der Waals surface area contributed by atoms with Crippen LogP contribution in [0.4, 0.5) is 0 Å². The van der Waals surface area contributed by atoms with Crippen LogP contribution in [0, 0.1) is 0 Å². The van der Waals surface area contributed by atoms with Gasteiger partial charge in [-0.3, -0.25) is 9.78 Å². The van der Waals surface area contributed by atoms with Crippen LogP contribution in [-0.2, 0) is 16.4 Å². The molecule has 3 rings (SSSR count). The van der Waals surface area contributed by atoms with Gasteiger partial charge in [-0.05, 0) is 42.7 Å². The van der Waals surface area contributed by atoms with E-state index in [4.69, 9.17) is 0 Å². The lowest BCUT2D eigenvalue weighted by Gasteiger charge is -2.31. The topological polar surface area (TPSA) is 79.4 Å². The molecule has 126 valence electrons. The predicted molar refractivity (Wildman–Crippen MR) is 90.1 cm³/mol. The molecule has 1 aliphatic heterocycles. The number of carbonyl (C=O) groups excluding carboxylic acids is 1. The normalized spacial score (nSPS) is 14.2. The van der Waals surface area contributed by atoms with Crippen molar-refractivity contribution in [2.75, 3.05) is 19.6 Å². The standard InChI is InChI=1S/C17H19N3O3S/c21-17(20-10-3-11-20)15-5-1-6-16(12-15)24(22,23)19-9-7-14-4-2-8-18-13-14/h1-2,4-6,8,12-13,19H,3,7,9-11H2. The number of hydrogen-bond acceptors (Lipinski definition) is 4. The number of aromatic nitrogens is 1. The number of pyridine rings is 1. The van der Waals surface area contributed by atoms with Gasteiger partial charge in [-0.15, -0.1) is 0 Å². The summed E-state index contributed by atoms with van der Waals surface area (Å²) < 4.78 is 27.4. The van der Waals surface area contributed by atoms with E-state index in [0.717, 1.165) is 25.1 Å². The van der Waals surface area contributed by atoms with Gasteiger partial charge in [-0.2, -0.15) is 0 Å². The monoisotopic (exact) mass is 345 g/mol. The van der Waals surface area contributed by atoms with Gasteiger partial charge in [0.25, 0.3) is 5.91 Å². The van der Waals surface area contributed by atoms with Gasteiger partial charge in [-0.1, -0.05) is 12.1 Å². The Labute approximate surface area is 141 Å². The summed E-state index contributed by atoms with van der Waals surface area (Å²) in [4.78, 5) is 18.0. The van der Waals surface area contributed by atoms with Crippen molar-refractivity contribution in [3.63, 3.8) is 0 Å². The second kappa shape index (κ2) is 7.11. The third kappa shape index (κ3) is 3.80. The van der Waals surface area contributed by atoms with Crippen molar-refractivity contribution < 1.29 is 13.2 Å². The second-order valence-electron chi connectivity index (χ2n) is 5.68. The predicted octanol–water partition coefficient (Wildman–Crippen LogP) is 1.45. The van der Waals surface area contributed by atoms with Gasteiger partial charge in [-0.25, -0.2) is 13.1 Å². The fourth-order valence-corrected chi connectivity index (χ4v) is 3.53. The van der Waals surface area contributed by atoms with Gasteiger partial charge in [0.15, 0.2) is 0 Å². The summed E-state index contributed by atoms with van der Waals surface area (Å²) in [6, 6.07) is 9.90. The van der Waals surface area contributed by atoms with Crippen LogP contribution < -0.4 is 4.72 Å². The van der Waals surface area contributed by atoms with Gasteiger partial charge >= 0.3 is 0 Å². The zero-order valence-electron chi connectivity index (χ0n) is 13.2. The van der Waals surface area contributed by atoms with Gasteiger partial charge in [0.1, 0.15) is 0 Å². The molecule has 2 aromatic rings. The first-order valence-electron chi connectivity index (χ1n) is 7.84. The van der Waals surface area contributed by atoms with Crippen LogP contribution in [0.3, 0.4) is 0 Å². The Balaban J connectivity index is 1.66. The van der Waals surface area contributed by atoms with Crippen molar-refractivity contribution >= 4 is 15.9 Å². The molecule has 7 heteroatoms. The van der Waals surface area contributed by atoms with Crippen LogP contribution in [0.25, 0.3) is 0 Å². The van der Waals surface area contributed by atoms with Gasteiger partial charge in [0.2, 0.25) is 10.0 Å². The molecule has 1 aromatic heterocycles. The Kier molecular flexibility index (Phi) is 4.92. The molecule has 0 spiro atoms. The van der Waals surface area contributed by atoms with Gasteiger partial charge < -0.3 is 4.90 Å². The van der Waals surface area contributed by atoms with E-state index in [0.29, 0.717) is 12.0 Å². The van der Waals surface area contributed by atoms with Crippen LogP contribution in [0.15, 0.2) is 53.7 Å². The van der Waals surface area contributed by atoms with E-state index in [1.54, 1.807) is 29.4 Å². The molecule has 1 N–H and O–H groups in total. The SMILES string of the molecule is O=C(c1cccc(S(=O)(=O)NCCc2cccnc2)c1)N1CCC1. The third-order valence-electron chi connectivity index (χ3n) is 3.96. The van der Waals surface area contributed by atoms with E-state index >= 15 is 0 Å². The fourth-order valence-electron chi connectivity index (χ4n) is 2.46. The lowest BCUT2D eigenvalue weighted by atomic mass is 10.1. The summed E-state index contributed by atoms with van der Waals surface area (Å²) in [5.41, 5.74) is 1.37. The quantitative estimate of drug-likeness (QED) is 0.859. The summed E-state index contributed by atoms with van der Waals surface area (Å²) in [5.74, 6) is -0.117. The van der Waals surface area contributed by atoms with E-state index in [-0.39, 0.29) is 17.3 Å². The number of rotatable bonds is 6. The number of hydrogen-bond donors (Lipinski definition) is 1. The first kappa shape index (κ1) is 16.6.